The van der Waals surface area contributed by atoms with Gasteiger partial charge in [-0.15, -0.1) is 0 Å². The minimum atomic E-state index is -3.34. The van der Waals surface area contributed by atoms with E-state index in [1.54, 1.807) is 4.31 Å². The van der Waals surface area contributed by atoms with E-state index < -0.39 is 10.0 Å². The van der Waals surface area contributed by atoms with Crippen LogP contribution in [0.25, 0.3) is 0 Å². The van der Waals surface area contributed by atoms with Crippen molar-refractivity contribution in [1.29, 1.82) is 0 Å². The molecule has 1 aliphatic rings. The third-order valence-corrected chi connectivity index (χ3v) is 5.54. The second-order valence-corrected chi connectivity index (χ2v) is 7.14. The first-order valence-corrected chi connectivity index (χ1v) is 9.05. The molecule has 0 saturated heterocycles. The molecular weight excluding hydrogens is 288 g/mol. The summed E-state index contributed by atoms with van der Waals surface area (Å²) >= 11 is 0. The number of benzene rings is 1. The van der Waals surface area contributed by atoms with Crippen LogP contribution in [0.5, 0.6) is 0 Å². The van der Waals surface area contributed by atoms with Crippen molar-refractivity contribution in [3.05, 3.63) is 29.8 Å². The van der Waals surface area contributed by atoms with Crippen molar-refractivity contribution in [1.82, 2.24) is 5.32 Å². The number of anilines is 1. The summed E-state index contributed by atoms with van der Waals surface area (Å²) in [5, 5.41) is 3.28. The molecule has 0 bridgehead atoms. The van der Waals surface area contributed by atoms with E-state index in [2.05, 4.69) is 5.32 Å². The van der Waals surface area contributed by atoms with E-state index >= 15 is 0 Å². The van der Waals surface area contributed by atoms with Crippen LogP contribution in [0.4, 0.5) is 5.69 Å². The minimum absolute atomic E-state index is 0.0272. The number of sulfonamides is 1. The van der Waals surface area contributed by atoms with Gasteiger partial charge in [0.15, 0.2) is 0 Å². The summed E-state index contributed by atoms with van der Waals surface area (Å²) in [6.45, 7) is 3.18. The van der Waals surface area contributed by atoms with Gasteiger partial charge in [-0.25, -0.2) is 8.42 Å². The molecule has 0 amide bonds. The molecule has 0 fully saturated rings. The molecule has 1 atom stereocenters. The van der Waals surface area contributed by atoms with Crippen LogP contribution >= 0.6 is 0 Å². The standard InChI is InChI=1S/C15H24N2O3S/c1-3-20-11-12-21(18,19)17-10-6-8-14(16-2)13-7-4-5-9-15(13)17/h4-5,7,9,14,16H,3,6,8,10-12H2,1-2H3. The van der Waals surface area contributed by atoms with Crippen LogP contribution in [0, 0.1) is 0 Å². The fourth-order valence-electron chi connectivity index (χ4n) is 2.73. The van der Waals surface area contributed by atoms with Gasteiger partial charge < -0.3 is 10.1 Å². The first-order valence-electron chi connectivity index (χ1n) is 7.44. The van der Waals surface area contributed by atoms with Crippen LogP contribution in [0.15, 0.2) is 24.3 Å². The summed E-state index contributed by atoms with van der Waals surface area (Å²) in [6.07, 6.45) is 1.78. The maximum Gasteiger partial charge on any atom is 0.237 e. The van der Waals surface area contributed by atoms with Gasteiger partial charge in [-0.1, -0.05) is 18.2 Å². The highest BCUT2D eigenvalue weighted by atomic mass is 32.2. The van der Waals surface area contributed by atoms with Crippen molar-refractivity contribution < 1.29 is 13.2 Å². The summed E-state index contributed by atoms with van der Waals surface area (Å²) in [7, 11) is -1.43. The average Bonchev–Trinajstić information content (AvgIpc) is 2.67. The molecule has 6 heteroatoms. The third kappa shape index (κ3) is 3.75. The van der Waals surface area contributed by atoms with Gasteiger partial charge >= 0.3 is 0 Å². The molecule has 2 rings (SSSR count). The first kappa shape index (κ1) is 16.3. The topological polar surface area (TPSA) is 58.6 Å². The zero-order chi connectivity index (χ0) is 15.3. The Kier molecular flexibility index (Phi) is 5.61. The number of rotatable bonds is 6. The Bertz CT molecular complexity index is 560. The molecule has 21 heavy (non-hydrogen) atoms. The Morgan fingerprint density at radius 3 is 2.86 bits per heavy atom. The van der Waals surface area contributed by atoms with Gasteiger partial charge in [0.05, 0.1) is 18.0 Å². The van der Waals surface area contributed by atoms with E-state index in [9.17, 15) is 8.42 Å². The summed E-state index contributed by atoms with van der Waals surface area (Å²) in [5.41, 5.74) is 1.85. The molecule has 1 heterocycles. The van der Waals surface area contributed by atoms with Crippen molar-refractivity contribution in [2.75, 3.05) is 36.9 Å². The maximum absolute atomic E-state index is 12.6. The van der Waals surface area contributed by atoms with Crippen molar-refractivity contribution in [2.45, 2.75) is 25.8 Å². The van der Waals surface area contributed by atoms with Crippen LogP contribution in [-0.4, -0.2) is 41.0 Å². The minimum Gasteiger partial charge on any atom is -0.381 e. The predicted octanol–water partition coefficient (Wildman–Crippen LogP) is 1.91. The van der Waals surface area contributed by atoms with E-state index in [1.807, 2.05) is 38.2 Å². The second-order valence-electron chi connectivity index (χ2n) is 5.13. The fourth-order valence-corrected chi connectivity index (χ4v) is 4.15. The van der Waals surface area contributed by atoms with Gasteiger partial charge in [-0.2, -0.15) is 0 Å². The van der Waals surface area contributed by atoms with Crippen molar-refractivity contribution >= 4 is 15.7 Å². The zero-order valence-corrected chi connectivity index (χ0v) is 13.5. The van der Waals surface area contributed by atoms with E-state index in [4.69, 9.17) is 4.74 Å². The van der Waals surface area contributed by atoms with E-state index in [1.165, 1.54) is 0 Å². The molecule has 1 unspecified atom stereocenters. The Hall–Kier alpha value is -1.11. The molecule has 1 aromatic carbocycles. The van der Waals surface area contributed by atoms with Gasteiger partial charge in [0.1, 0.15) is 0 Å². The number of nitrogens with one attached hydrogen (secondary N) is 1. The van der Waals surface area contributed by atoms with Crippen molar-refractivity contribution in [2.24, 2.45) is 0 Å². The van der Waals surface area contributed by atoms with Crippen molar-refractivity contribution in [3.8, 4) is 0 Å². The normalized spacial score (nSPS) is 19.1. The number of fused-ring (bicyclic) bond motifs is 1. The third-order valence-electron chi connectivity index (χ3n) is 3.81. The van der Waals surface area contributed by atoms with Crippen LogP contribution in [0.2, 0.25) is 0 Å². The highest BCUT2D eigenvalue weighted by Gasteiger charge is 2.28. The van der Waals surface area contributed by atoms with Gasteiger partial charge in [0.25, 0.3) is 0 Å². The molecule has 1 N–H and O–H groups in total. The van der Waals surface area contributed by atoms with Crippen LogP contribution in [0.3, 0.4) is 0 Å². The van der Waals surface area contributed by atoms with Gasteiger partial charge in [-0.3, -0.25) is 4.31 Å². The predicted molar refractivity (Wildman–Crippen MR) is 85.1 cm³/mol. The van der Waals surface area contributed by atoms with Crippen LogP contribution in [-0.2, 0) is 14.8 Å². The lowest BCUT2D eigenvalue weighted by Gasteiger charge is -2.25. The number of nitrogens with zero attached hydrogens (tertiary/aromatic N) is 1. The highest BCUT2D eigenvalue weighted by molar-refractivity contribution is 7.92. The molecule has 1 aliphatic heterocycles. The number of para-hydroxylation sites is 1. The lowest BCUT2D eigenvalue weighted by atomic mass is 10.0. The molecule has 0 saturated carbocycles. The van der Waals surface area contributed by atoms with Gasteiger partial charge in [0.2, 0.25) is 10.0 Å². The summed E-state index contributed by atoms with van der Waals surface area (Å²) in [4.78, 5) is 0. The lowest BCUT2D eigenvalue weighted by molar-refractivity contribution is 0.163. The second kappa shape index (κ2) is 7.24. The van der Waals surface area contributed by atoms with E-state index in [0.29, 0.717) is 13.2 Å². The van der Waals surface area contributed by atoms with E-state index in [0.717, 1.165) is 24.1 Å². The fraction of sp³-hybridized carbons (Fsp3) is 0.600. The Balaban J connectivity index is 2.31. The van der Waals surface area contributed by atoms with E-state index in [-0.39, 0.29) is 18.4 Å². The van der Waals surface area contributed by atoms with Crippen LogP contribution in [0.1, 0.15) is 31.4 Å². The molecule has 1 aromatic rings. The lowest BCUT2D eigenvalue weighted by Crippen LogP contribution is -2.35. The highest BCUT2D eigenvalue weighted by Crippen LogP contribution is 2.34. The number of hydrogen-bond acceptors (Lipinski definition) is 4. The smallest absolute Gasteiger partial charge is 0.237 e. The molecule has 0 spiro atoms. The Labute approximate surface area is 127 Å². The quantitative estimate of drug-likeness (QED) is 0.815. The SMILES string of the molecule is CCOCCS(=O)(=O)N1CCCC(NC)c2ccccc21. The maximum atomic E-state index is 12.6. The largest absolute Gasteiger partial charge is 0.381 e. The Morgan fingerprint density at radius 1 is 1.38 bits per heavy atom. The molecule has 0 aromatic heterocycles. The van der Waals surface area contributed by atoms with Crippen LogP contribution < -0.4 is 9.62 Å². The van der Waals surface area contributed by atoms with Gasteiger partial charge in [0, 0.05) is 19.2 Å². The zero-order valence-electron chi connectivity index (χ0n) is 12.7. The molecular formula is C15H24N2O3S. The molecule has 0 aliphatic carbocycles. The monoisotopic (exact) mass is 312 g/mol. The molecule has 0 radical (unpaired) electrons. The summed E-state index contributed by atoms with van der Waals surface area (Å²) in [5.74, 6) is 0.0272. The first-order chi connectivity index (χ1) is 10.1. The summed E-state index contributed by atoms with van der Waals surface area (Å²) < 4.78 is 32.0. The average molecular weight is 312 g/mol. The molecule has 118 valence electrons. The number of hydrogen-bond donors (Lipinski definition) is 1. The Morgan fingerprint density at radius 2 is 2.14 bits per heavy atom. The van der Waals surface area contributed by atoms with Gasteiger partial charge in [-0.05, 0) is 38.4 Å². The number of ether oxygens (including phenoxy) is 1. The molecule has 5 nitrogen and oxygen atoms in total. The summed E-state index contributed by atoms with van der Waals surface area (Å²) in [6, 6.07) is 7.95. The van der Waals surface area contributed by atoms with Crippen molar-refractivity contribution in [3.63, 3.8) is 0 Å².